The average Bonchev–Trinajstić information content (AvgIpc) is 3.12. The number of piperidine rings is 1. The van der Waals surface area contributed by atoms with Gasteiger partial charge in [0.2, 0.25) is 0 Å². The lowest BCUT2D eigenvalue weighted by Gasteiger charge is -2.31. The second-order valence-corrected chi connectivity index (χ2v) is 8.55. The standard InChI is InChI=1S/C17H21N3O3S/c1-2-24(22,23)14-8-10-20(11-9-14)17(21)16-12-15(18-19-16)13-6-4-3-5-7-13/h3-7,12,14H,2,8-11H2,1H3,(H,18,19). The summed E-state index contributed by atoms with van der Waals surface area (Å²) in [6.45, 7) is 2.59. The molecule has 1 saturated heterocycles. The van der Waals surface area contributed by atoms with Crippen molar-refractivity contribution in [3.05, 3.63) is 42.1 Å². The highest BCUT2D eigenvalue weighted by Crippen LogP contribution is 2.21. The van der Waals surface area contributed by atoms with Gasteiger partial charge in [0.05, 0.1) is 10.9 Å². The molecule has 128 valence electrons. The van der Waals surface area contributed by atoms with Crippen molar-refractivity contribution >= 4 is 15.7 Å². The summed E-state index contributed by atoms with van der Waals surface area (Å²) >= 11 is 0. The number of nitrogens with zero attached hydrogens (tertiary/aromatic N) is 2. The van der Waals surface area contributed by atoms with Gasteiger partial charge in [0.25, 0.3) is 5.91 Å². The van der Waals surface area contributed by atoms with Crippen molar-refractivity contribution in [1.29, 1.82) is 0 Å². The number of aromatic nitrogens is 2. The van der Waals surface area contributed by atoms with Crippen LogP contribution in [0.25, 0.3) is 11.3 Å². The quantitative estimate of drug-likeness (QED) is 0.918. The van der Waals surface area contributed by atoms with E-state index < -0.39 is 9.84 Å². The van der Waals surface area contributed by atoms with E-state index in [4.69, 9.17) is 0 Å². The van der Waals surface area contributed by atoms with Crippen molar-refractivity contribution < 1.29 is 13.2 Å². The number of carbonyl (C=O) groups is 1. The van der Waals surface area contributed by atoms with Gasteiger partial charge in [0.1, 0.15) is 5.69 Å². The van der Waals surface area contributed by atoms with Crippen molar-refractivity contribution in [2.75, 3.05) is 18.8 Å². The molecule has 1 aliphatic rings. The Kier molecular flexibility index (Phi) is 4.71. The SMILES string of the molecule is CCS(=O)(=O)C1CCN(C(=O)c2cc(-c3ccccc3)n[nH]2)CC1. The zero-order chi connectivity index (χ0) is 17.2. The molecular formula is C17H21N3O3S. The van der Waals surface area contributed by atoms with Gasteiger partial charge in [-0.1, -0.05) is 37.3 Å². The first-order valence-electron chi connectivity index (χ1n) is 8.13. The molecule has 1 N–H and O–H groups in total. The Balaban J connectivity index is 1.67. The van der Waals surface area contributed by atoms with Crippen molar-refractivity contribution in [2.24, 2.45) is 0 Å². The molecule has 6 nitrogen and oxygen atoms in total. The maximum absolute atomic E-state index is 12.6. The molecule has 0 saturated carbocycles. The molecule has 0 radical (unpaired) electrons. The van der Waals surface area contributed by atoms with Crippen molar-refractivity contribution in [3.63, 3.8) is 0 Å². The van der Waals surface area contributed by atoms with E-state index in [9.17, 15) is 13.2 Å². The highest BCUT2D eigenvalue weighted by Gasteiger charge is 2.31. The van der Waals surface area contributed by atoms with Gasteiger partial charge in [-0.3, -0.25) is 9.89 Å². The molecule has 0 spiro atoms. The number of rotatable bonds is 4. The van der Waals surface area contributed by atoms with E-state index in [0.717, 1.165) is 11.3 Å². The first-order valence-corrected chi connectivity index (χ1v) is 9.84. The monoisotopic (exact) mass is 347 g/mol. The maximum atomic E-state index is 12.6. The third-order valence-corrected chi connectivity index (χ3v) is 6.81. The maximum Gasteiger partial charge on any atom is 0.271 e. The van der Waals surface area contributed by atoms with E-state index >= 15 is 0 Å². The number of amides is 1. The second-order valence-electron chi connectivity index (χ2n) is 5.98. The first kappa shape index (κ1) is 16.7. The lowest BCUT2D eigenvalue weighted by Crippen LogP contribution is -2.43. The third kappa shape index (κ3) is 3.36. The lowest BCUT2D eigenvalue weighted by atomic mass is 10.1. The fourth-order valence-electron chi connectivity index (χ4n) is 3.01. The number of hydrogen-bond donors (Lipinski definition) is 1. The average molecular weight is 347 g/mol. The fraction of sp³-hybridized carbons (Fsp3) is 0.412. The first-order chi connectivity index (χ1) is 11.5. The molecule has 0 bridgehead atoms. The molecule has 3 rings (SSSR count). The molecule has 1 aromatic heterocycles. The van der Waals surface area contributed by atoms with Gasteiger partial charge < -0.3 is 4.90 Å². The van der Waals surface area contributed by atoms with Crippen LogP contribution in [0.1, 0.15) is 30.3 Å². The van der Waals surface area contributed by atoms with Gasteiger partial charge in [0, 0.05) is 24.4 Å². The van der Waals surface area contributed by atoms with Crippen LogP contribution in [0.15, 0.2) is 36.4 Å². The summed E-state index contributed by atoms with van der Waals surface area (Å²) in [7, 11) is -3.03. The van der Waals surface area contributed by atoms with Gasteiger partial charge in [-0.15, -0.1) is 0 Å². The number of hydrogen-bond acceptors (Lipinski definition) is 4. The largest absolute Gasteiger partial charge is 0.337 e. The topological polar surface area (TPSA) is 83.1 Å². The highest BCUT2D eigenvalue weighted by atomic mass is 32.2. The van der Waals surface area contributed by atoms with Crippen LogP contribution in [0.2, 0.25) is 0 Å². The molecule has 0 unspecified atom stereocenters. The number of aromatic amines is 1. The van der Waals surface area contributed by atoms with Crippen LogP contribution in [0.5, 0.6) is 0 Å². The Morgan fingerprint density at radius 3 is 2.54 bits per heavy atom. The summed E-state index contributed by atoms with van der Waals surface area (Å²) in [4.78, 5) is 14.3. The van der Waals surface area contributed by atoms with Crippen LogP contribution < -0.4 is 0 Å². The van der Waals surface area contributed by atoms with Gasteiger partial charge in [-0.2, -0.15) is 5.10 Å². The van der Waals surface area contributed by atoms with E-state index in [1.165, 1.54) is 0 Å². The molecule has 0 aliphatic carbocycles. The highest BCUT2D eigenvalue weighted by molar-refractivity contribution is 7.92. The molecule has 24 heavy (non-hydrogen) atoms. The van der Waals surface area contributed by atoms with Crippen LogP contribution in [-0.2, 0) is 9.84 Å². The van der Waals surface area contributed by atoms with Crippen LogP contribution >= 0.6 is 0 Å². The van der Waals surface area contributed by atoms with E-state index in [2.05, 4.69) is 10.2 Å². The van der Waals surface area contributed by atoms with Gasteiger partial charge in [-0.05, 0) is 18.9 Å². The van der Waals surface area contributed by atoms with Crippen LogP contribution in [-0.4, -0.2) is 53.5 Å². The van der Waals surface area contributed by atoms with E-state index in [1.807, 2.05) is 30.3 Å². The Hall–Kier alpha value is -2.15. The number of sulfone groups is 1. The molecule has 1 amide bonds. The smallest absolute Gasteiger partial charge is 0.271 e. The predicted molar refractivity (Wildman–Crippen MR) is 92.4 cm³/mol. The molecule has 1 aromatic carbocycles. The molecule has 2 aromatic rings. The fourth-order valence-corrected chi connectivity index (χ4v) is 4.41. The van der Waals surface area contributed by atoms with Crippen molar-refractivity contribution in [3.8, 4) is 11.3 Å². The summed E-state index contributed by atoms with van der Waals surface area (Å²) in [6.07, 6.45) is 1.00. The third-order valence-electron chi connectivity index (χ3n) is 4.52. The Labute approximate surface area is 141 Å². The normalized spacial score (nSPS) is 16.3. The minimum atomic E-state index is -3.03. The van der Waals surface area contributed by atoms with E-state index in [-0.39, 0.29) is 16.9 Å². The van der Waals surface area contributed by atoms with Crippen LogP contribution in [0.4, 0.5) is 0 Å². The number of carbonyl (C=O) groups excluding carboxylic acids is 1. The van der Waals surface area contributed by atoms with Crippen molar-refractivity contribution in [1.82, 2.24) is 15.1 Å². The summed E-state index contributed by atoms with van der Waals surface area (Å²) in [6, 6.07) is 11.4. The van der Waals surface area contributed by atoms with Crippen LogP contribution in [0.3, 0.4) is 0 Å². The summed E-state index contributed by atoms with van der Waals surface area (Å²) in [5.41, 5.74) is 2.11. The summed E-state index contributed by atoms with van der Waals surface area (Å²) in [5, 5.41) is 6.67. The van der Waals surface area contributed by atoms with Crippen LogP contribution in [0, 0.1) is 0 Å². The molecule has 1 fully saturated rings. The molecule has 2 heterocycles. The Bertz CT molecular complexity index is 807. The minimum Gasteiger partial charge on any atom is -0.337 e. The molecular weight excluding hydrogens is 326 g/mol. The van der Waals surface area contributed by atoms with Crippen molar-refractivity contribution in [2.45, 2.75) is 25.0 Å². The summed E-state index contributed by atoms with van der Waals surface area (Å²) < 4.78 is 23.9. The zero-order valence-corrected chi connectivity index (χ0v) is 14.4. The number of H-pyrrole nitrogens is 1. The number of likely N-dealkylation sites (tertiary alicyclic amines) is 1. The zero-order valence-electron chi connectivity index (χ0n) is 13.6. The Morgan fingerprint density at radius 2 is 1.92 bits per heavy atom. The number of benzene rings is 1. The minimum absolute atomic E-state index is 0.128. The van der Waals surface area contributed by atoms with Gasteiger partial charge >= 0.3 is 0 Å². The molecule has 1 aliphatic heterocycles. The second kappa shape index (κ2) is 6.76. The lowest BCUT2D eigenvalue weighted by molar-refractivity contribution is 0.0719. The molecule has 0 atom stereocenters. The van der Waals surface area contributed by atoms with Gasteiger partial charge in [-0.25, -0.2) is 8.42 Å². The predicted octanol–water partition coefficient (Wildman–Crippen LogP) is 2.12. The van der Waals surface area contributed by atoms with E-state index in [1.54, 1.807) is 17.9 Å². The molecule has 7 heteroatoms. The number of nitrogens with one attached hydrogen (secondary N) is 1. The van der Waals surface area contributed by atoms with Gasteiger partial charge in [0.15, 0.2) is 9.84 Å². The summed E-state index contributed by atoms with van der Waals surface area (Å²) in [5.74, 6) is 0.0316. The van der Waals surface area contributed by atoms with E-state index in [0.29, 0.717) is 31.6 Å². The Morgan fingerprint density at radius 1 is 1.25 bits per heavy atom.